The van der Waals surface area contributed by atoms with Crippen LogP contribution in [0.15, 0.2) is 36.4 Å². The maximum Gasteiger partial charge on any atom is 0.407 e. The fourth-order valence-corrected chi connectivity index (χ4v) is 4.80. The molecule has 3 rings (SSSR count). The second kappa shape index (κ2) is 13.4. The maximum atomic E-state index is 12.9. The molecule has 10 heteroatoms. The van der Waals surface area contributed by atoms with Crippen molar-refractivity contribution >= 4 is 23.9 Å². The number of carbonyl (C=O) groups excluding carboxylic acids is 3. The van der Waals surface area contributed by atoms with Crippen LogP contribution < -0.4 is 10.6 Å². The fourth-order valence-electron chi connectivity index (χ4n) is 4.80. The highest BCUT2D eigenvalue weighted by molar-refractivity contribution is 5.88. The van der Waals surface area contributed by atoms with Gasteiger partial charge in [-0.15, -0.1) is 0 Å². The molecule has 0 spiro atoms. The van der Waals surface area contributed by atoms with Crippen LogP contribution >= 0.6 is 0 Å². The van der Waals surface area contributed by atoms with Gasteiger partial charge in [0.15, 0.2) is 0 Å². The largest absolute Gasteiger partial charge is 0.480 e. The van der Waals surface area contributed by atoms with Crippen LogP contribution in [0.4, 0.5) is 4.79 Å². The van der Waals surface area contributed by atoms with Crippen LogP contribution in [-0.4, -0.2) is 59.3 Å². The lowest BCUT2D eigenvalue weighted by Crippen LogP contribution is -2.46. The number of aryl methyl sites for hydroxylation is 1. The minimum Gasteiger partial charge on any atom is -0.480 e. The van der Waals surface area contributed by atoms with Crippen molar-refractivity contribution in [3.63, 3.8) is 0 Å². The zero-order chi connectivity index (χ0) is 29.4. The van der Waals surface area contributed by atoms with E-state index < -0.39 is 29.7 Å². The van der Waals surface area contributed by atoms with Gasteiger partial charge in [0.05, 0.1) is 7.11 Å². The van der Waals surface area contributed by atoms with Crippen molar-refractivity contribution in [2.24, 2.45) is 11.8 Å². The SMILES string of the molecule is COC(=O)c1ccc(-c2ccc(C[C@H](NC(=O)[C@H]3CC[C@H](CNC(=O)OC(C)(C)C)CC3)C(=O)O)cc2)c(C)n1. The average Bonchev–Trinajstić information content (AvgIpc) is 2.90. The number of rotatable bonds is 9. The Hall–Kier alpha value is -3.95. The number of hydrogen-bond acceptors (Lipinski definition) is 7. The summed E-state index contributed by atoms with van der Waals surface area (Å²) in [7, 11) is 1.30. The number of carboxylic acid groups (broad SMARTS) is 1. The van der Waals surface area contributed by atoms with Gasteiger partial charge in [0, 0.05) is 30.1 Å². The van der Waals surface area contributed by atoms with Crippen LogP contribution in [0.25, 0.3) is 11.1 Å². The molecule has 10 nitrogen and oxygen atoms in total. The summed E-state index contributed by atoms with van der Waals surface area (Å²) in [6.45, 7) is 7.72. The zero-order valence-corrected chi connectivity index (χ0v) is 23.8. The molecule has 1 aliphatic rings. The van der Waals surface area contributed by atoms with E-state index in [1.54, 1.807) is 19.1 Å². The number of benzene rings is 1. The molecule has 40 heavy (non-hydrogen) atoms. The van der Waals surface area contributed by atoms with Crippen molar-refractivity contribution in [2.75, 3.05) is 13.7 Å². The Labute approximate surface area is 234 Å². The Balaban J connectivity index is 1.52. The number of nitrogens with one attached hydrogen (secondary N) is 2. The second-order valence-corrected chi connectivity index (χ2v) is 11.2. The lowest BCUT2D eigenvalue weighted by atomic mass is 9.81. The number of alkyl carbamates (subject to hydrolysis) is 1. The van der Waals surface area contributed by atoms with Crippen LogP contribution in [-0.2, 0) is 25.5 Å². The highest BCUT2D eigenvalue weighted by Gasteiger charge is 2.30. The van der Waals surface area contributed by atoms with Crippen LogP contribution in [0.5, 0.6) is 0 Å². The Morgan fingerprint density at radius 3 is 2.23 bits per heavy atom. The molecule has 0 radical (unpaired) electrons. The van der Waals surface area contributed by atoms with Crippen LogP contribution in [0, 0.1) is 18.8 Å². The molecule has 0 bridgehead atoms. The fraction of sp³-hybridized carbons (Fsp3) is 0.500. The van der Waals surface area contributed by atoms with Gasteiger partial charge in [-0.05, 0) is 76.5 Å². The second-order valence-electron chi connectivity index (χ2n) is 11.2. The molecule has 3 N–H and O–H groups in total. The summed E-state index contributed by atoms with van der Waals surface area (Å²) in [5.74, 6) is -1.86. The van der Waals surface area contributed by atoms with E-state index in [9.17, 15) is 24.3 Å². The minimum absolute atomic E-state index is 0.148. The molecule has 216 valence electrons. The van der Waals surface area contributed by atoms with Gasteiger partial charge in [0.1, 0.15) is 17.3 Å². The lowest BCUT2D eigenvalue weighted by Gasteiger charge is -2.29. The van der Waals surface area contributed by atoms with E-state index in [1.165, 1.54) is 7.11 Å². The molecule has 1 aliphatic carbocycles. The highest BCUT2D eigenvalue weighted by Crippen LogP contribution is 2.29. The molecule has 0 aliphatic heterocycles. The first-order valence-electron chi connectivity index (χ1n) is 13.5. The number of amides is 2. The molecule has 0 unspecified atom stereocenters. The molecule has 2 amide bonds. The average molecular weight is 554 g/mol. The molecule has 1 saturated carbocycles. The van der Waals surface area contributed by atoms with Crippen molar-refractivity contribution in [3.05, 3.63) is 53.3 Å². The first kappa shape index (κ1) is 30.6. The molecule has 2 aromatic rings. The van der Waals surface area contributed by atoms with E-state index in [0.717, 1.165) is 29.5 Å². The van der Waals surface area contributed by atoms with E-state index >= 15 is 0 Å². The van der Waals surface area contributed by atoms with E-state index in [1.807, 2.05) is 45.0 Å². The van der Waals surface area contributed by atoms with Crippen molar-refractivity contribution < 1.29 is 33.8 Å². The Morgan fingerprint density at radius 2 is 1.68 bits per heavy atom. The number of methoxy groups -OCH3 is 1. The summed E-state index contributed by atoms with van der Waals surface area (Å²) < 4.78 is 9.98. The quantitative estimate of drug-likeness (QED) is 0.390. The van der Waals surface area contributed by atoms with Crippen molar-refractivity contribution in [2.45, 2.75) is 71.4 Å². The van der Waals surface area contributed by atoms with Gasteiger partial charge in [-0.25, -0.2) is 19.4 Å². The number of aliphatic carboxylic acids is 1. The molecule has 1 atom stereocenters. The zero-order valence-electron chi connectivity index (χ0n) is 23.8. The monoisotopic (exact) mass is 553 g/mol. The molecular weight excluding hydrogens is 514 g/mol. The third-order valence-corrected chi connectivity index (χ3v) is 6.95. The number of nitrogens with zero attached hydrogens (tertiary/aromatic N) is 1. The van der Waals surface area contributed by atoms with Crippen molar-refractivity contribution in [3.8, 4) is 11.1 Å². The number of carbonyl (C=O) groups is 4. The smallest absolute Gasteiger partial charge is 0.407 e. The number of esters is 1. The molecule has 1 fully saturated rings. The van der Waals surface area contributed by atoms with E-state index in [4.69, 9.17) is 9.47 Å². The Morgan fingerprint density at radius 1 is 1.02 bits per heavy atom. The Bertz CT molecular complexity index is 1210. The van der Waals surface area contributed by atoms with Crippen LogP contribution in [0.3, 0.4) is 0 Å². The predicted octanol–water partition coefficient (Wildman–Crippen LogP) is 4.29. The summed E-state index contributed by atoms with van der Waals surface area (Å²) in [4.78, 5) is 52.8. The third kappa shape index (κ3) is 8.79. The molecule has 1 aromatic heterocycles. The van der Waals surface area contributed by atoms with Crippen molar-refractivity contribution in [1.82, 2.24) is 15.6 Å². The first-order valence-corrected chi connectivity index (χ1v) is 13.5. The van der Waals surface area contributed by atoms with E-state index in [-0.39, 0.29) is 29.9 Å². The van der Waals surface area contributed by atoms with Gasteiger partial charge in [-0.3, -0.25) is 4.79 Å². The van der Waals surface area contributed by atoms with Gasteiger partial charge in [-0.1, -0.05) is 30.3 Å². The third-order valence-electron chi connectivity index (χ3n) is 6.95. The van der Waals surface area contributed by atoms with Gasteiger partial charge < -0.3 is 25.2 Å². The normalized spacial score (nSPS) is 17.8. The van der Waals surface area contributed by atoms with Crippen molar-refractivity contribution in [1.29, 1.82) is 0 Å². The van der Waals surface area contributed by atoms with Crippen LogP contribution in [0.1, 0.15) is 68.2 Å². The predicted molar refractivity (Wildman–Crippen MR) is 149 cm³/mol. The number of hydrogen-bond donors (Lipinski definition) is 3. The van der Waals surface area contributed by atoms with E-state index in [2.05, 4.69) is 15.6 Å². The number of ether oxygens (including phenoxy) is 2. The molecular formula is C30H39N3O7. The topological polar surface area (TPSA) is 144 Å². The molecule has 1 aromatic carbocycles. The standard InChI is InChI=1S/C30H39N3O7/c1-18-23(14-15-24(32-18)28(37)39-5)21-10-6-19(7-11-21)16-25(27(35)36)33-26(34)22-12-8-20(9-13-22)17-31-29(38)40-30(2,3)4/h6-7,10-11,14-15,20,22,25H,8-9,12-13,16-17H2,1-5H3,(H,31,38)(H,33,34)(H,35,36)/t20-,22-,25-/m0/s1. The van der Waals surface area contributed by atoms with Gasteiger partial charge in [-0.2, -0.15) is 0 Å². The molecule has 1 heterocycles. The number of aromatic nitrogens is 1. The number of pyridine rings is 1. The van der Waals surface area contributed by atoms with Gasteiger partial charge >= 0.3 is 18.0 Å². The summed E-state index contributed by atoms with van der Waals surface area (Å²) in [6.07, 6.45) is 2.50. The highest BCUT2D eigenvalue weighted by atomic mass is 16.6. The lowest BCUT2D eigenvalue weighted by molar-refractivity contribution is -0.142. The summed E-state index contributed by atoms with van der Waals surface area (Å²) >= 11 is 0. The summed E-state index contributed by atoms with van der Waals surface area (Å²) in [5, 5.41) is 15.3. The summed E-state index contributed by atoms with van der Waals surface area (Å²) in [5.41, 5.74) is 2.83. The minimum atomic E-state index is -1.09. The van der Waals surface area contributed by atoms with Gasteiger partial charge in [0.25, 0.3) is 0 Å². The van der Waals surface area contributed by atoms with E-state index in [0.29, 0.717) is 25.1 Å². The summed E-state index contributed by atoms with van der Waals surface area (Å²) in [6, 6.07) is 9.74. The first-order chi connectivity index (χ1) is 18.9. The Kier molecular flexibility index (Phi) is 10.3. The number of carboxylic acids is 1. The maximum absolute atomic E-state index is 12.9. The van der Waals surface area contributed by atoms with Crippen LogP contribution in [0.2, 0.25) is 0 Å². The molecule has 0 saturated heterocycles. The van der Waals surface area contributed by atoms with Gasteiger partial charge in [0.2, 0.25) is 5.91 Å².